The first-order valence-corrected chi connectivity index (χ1v) is 12.4. The van der Waals surface area contributed by atoms with Crippen LogP contribution in [0.4, 0.5) is 17.1 Å². The number of carbonyl (C=O) groups excluding carboxylic acids is 1. The van der Waals surface area contributed by atoms with Crippen molar-refractivity contribution in [3.63, 3.8) is 0 Å². The maximum absolute atomic E-state index is 12.8. The van der Waals surface area contributed by atoms with Crippen molar-refractivity contribution in [2.24, 2.45) is 0 Å². The average Bonchev–Trinajstić information content (AvgIpc) is 3.35. The Kier molecular flexibility index (Phi) is 6.77. The summed E-state index contributed by atoms with van der Waals surface area (Å²) < 4.78 is 31.0. The smallest absolute Gasteiger partial charge is 0.243 e. The summed E-state index contributed by atoms with van der Waals surface area (Å²) in [5.41, 5.74) is 2.46. The van der Waals surface area contributed by atoms with Crippen molar-refractivity contribution in [1.29, 1.82) is 0 Å². The second-order valence-corrected chi connectivity index (χ2v) is 10.3. The van der Waals surface area contributed by atoms with Gasteiger partial charge in [0.1, 0.15) is 0 Å². The molecule has 1 aliphatic heterocycles. The Balaban J connectivity index is 1.31. The van der Waals surface area contributed by atoms with Crippen LogP contribution < -0.4 is 15.5 Å². The first kappa shape index (κ1) is 21.6. The Labute approximate surface area is 183 Å². The maximum Gasteiger partial charge on any atom is 0.243 e. The molecule has 166 valence electrons. The van der Waals surface area contributed by atoms with Gasteiger partial charge in [0.25, 0.3) is 0 Å². The highest BCUT2D eigenvalue weighted by atomic mass is 32.2. The molecular weight excluding hydrogens is 414 g/mol. The monoisotopic (exact) mass is 443 g/mol. The van der Waals surface area contributed by atoms with Crippen molar-refractivity contribution in [3.8, 4) is 0 Å². The summed E-state index contributed by atoms with van der Waals surface area (Å²) >= 11 is 0. The summed E-state index contributed by atoms with van der Waals surface area (Å²) in [6, 6.07) is 14.5. The van der Waals surface area contributed by atoms with Crippen LogP contribution in [0.2, 0.25) is 0 Å². The van der Waals surface area contributed by atoms with Crippen molar-refractivity contribution >= 4 is 32.8 Å². The Morgan fingerprint density at radius 3 is 2.42 bits per heavy atom. The highest BCUT2D eigenvalue weighted by Gasteiger charge is 2.30. The molecule has 2 aliphatic rings. The number of benzene rings is 2. The number of rotatable bonds is 7. The zero-order valence-corrected chi connectivity index (χ0v) is 18.4. The van der Waals surface area contributed by atoms with Crippen molar-refractivity contribution in [1.82, 2.24) is 0 Å². The first-order valence-electron chi connectivity index (χ1n) is 10.8. The van der Waals surface area contributed by atoms with Gasteiger partial charge >= 0.3 is 0 Å². The van der Waals surface area contributed by atoms with Crippen molar-refractivity contribution in [2.75, 3.05) is 48.4 Å². The van der Waals surface area contributed by atoms with E-state index in [1.807, 2.05) is 24.3 Å². The van der Waals surface area contributed by atoms with E-state index in [1.165, 1.54) is 0 Å². The second kappa shape index (κ2) is 9.70. The van der Waals surface area contributed by atoms with Crippen LogP contribution in [0.1, 0.15) is 25.7 Å². The van der Waals surface area contributed by atoms with Gasteiger partial charge in [-0.25, -0.2) is 8.42 Å². The summed E-state index contributed by atoms with van der Waals surface area (Å²) in [7, 11) is -3.31. The van der Waals surface area contributed by atoms with Crippen molar-refractivity contribution in [2.45, 2.75) is 35.8 Å². The molecule has 0 atom stereocenters. The highest BCUT2D eigenvalue weighted by molar-refractivity contribution is 7.92. The molecule has 7 nitrogen and oxygen atoms in total. The van der Waals surface area contributed by atoms with Gasteiger partial charge in [0, 0.05) is 30.2 Å². The number of nitrogens with one attached hydrogen (secondary N) is 2. The topological polar surface area (TPSA) is 87.7 Å². The fourth-order valence-electron chi connectivity index (χ4n) is 4.14. The van der Waals surface area contributed by atoms with Crippen LogP contribution in [-0.4, -0.2) is 52.4 Å². The minimum Gasteiger partial charge on any atom is -0.378 e. The minimum absolute atomic E-state index is 0.0537. The molecule has 2 fully saturated rings. The summed E-state index contributed by atoms with van der Waals surface area (Å²) in [6.07, 6.45) is 3.39. The lowest BCUT2D eigenvalue weighted by Crippen LogP contribution is -2.36. The lowest BCUT2D eigenvalue weighted by Gasteiger charge is -2.28. The molecule has 2 aromatic carbocycles. The normalized spacial score (nSPS) is 17.5. The third-order valence-electron chi connectivity index (χ3n) is 5.88. The lowest BCUT2D eigenvalue weighted by atomic mass is 10.2. The van der Waals surface area contributed by atoms with Crippen LogP contribution >= 0.6 is 0 Å². The van der Waals surface area contributed by atoms with E-state index in [9.17, 15) is 13.2 Å². The van der Waals surface area contributed by atoms with Crippen molar-refractivity contribution < 1.29 is 17.9 Å². The maximum atomic E-state index is 12.8. The SMILES string of the molecule is O=C(CNc1cccc(S(=O)(=O)C2CCCC2)c1)Nc1ccc(N2CCOCC2)cc1. The molecular formula is C23H29N3O4S. The predicted octanol–water partition coefficient (Wildman–Crippen LogP) is 3.29. The molecule has 1 saturated heterocycles. The Bertz CT molecular complexity index is 996. The third-order valence-corrected chi connectivity index (χ3v) is 8.14. The quantitative estimate of drug-likeness (QED) is 0.683. The number of nitrogens with zero attached hydrogens (tertiary/aromatic N) is 1. The van der Waals surface area contributed by atoms with Gasteiger partial charge in [-0.2, -0.15) is 0 Å². The molecule has 2 N–H and O–H groups in total. The molecule has 0 radical (unpaired) electrons. The van der Waals surface area contributed by atoms with Crippen LogP contribution in [0.25, 0.3) is 0 Å². The summed E-state index contributed by atoms with van der Waals surface area (Å²) in [6.45, 7) is 3.25. The molecule has 1 aliphatic carbocycles. The zero-order chi connectivity index (χ0) is 21.7. The minimum atomic E-state index is -3.31. The summed E-state index contributed by atoms with van der Waals surface area (Å²) in [5, 5.41) is 5.62. The first-order chi connectivity index (χ1) is 15.0. The van der Waals surface area contributed by atoms with E-state index >= 15 is 0 Å². The van der Waals surface area contributed by atoms with Crippen LogP contribution in [-0.2, 0) is 19.4 Å². The van der Waals surface area contributed by atoms with Gasteiger partial charge in [-0.15, -0.1) is 0 Å². The molecule has 1 saturated carbocycles. The van der Waals surface area contributed by atoms with Crippen LogP contribution in [0.3, 0.4) is 0 Å². The van der Waals surface area contributed by atoms with Gasteiger partial charge in [0.05, 0.1) is 29.9 Å². The van der Waals surface area contributed by atoms with E-state index in [0.717, 1.165) is 63.4 Å². The number of ether oxygens (including phenoxy) is 1. The standard InChI is InChI=1S/C23H29N3O4S/c27-23(25-18-8-10-20(11-9-18)26-12-14-30-15-13-26)17-24-19-4-3-7-22(16-19)31(28,29)21-5-1-2-6-21/h3-4,7-11,16,21,24H,1-2,5-6,12-15,17H2,(H,25,27). The Hall–Kier alpha value is -2.58. The number of sulfone groups is 1. The molecule has 1 heterocycles. The van der Waals surface area contributed by atoms with E-state index in [-0.39, 0.29) is 17.7 Å². The lowest BCUT2D eigenvalue weighted by molar-refractivity contribution is -0.114. The van der Waals surface area contributed by atoms with E-state index in [1.54, 1.807) is 24.3 Å². The van der Waals surface area contributed by atoms with Gasteiger partial charge in [-0.3, -0.25) is 4.79 Å². The predicted molar refractivity (Wildman–Crippen MR) is 122 cm³/mol. The fourth-order valence-corrected chi connectivity index (χ4v) is 6.04. The molecule has 31 heavy (non-hydrogen) atoms. The van der Waals surface area contributed by atoms with E-state index < -0.39 is 9.84 Å². The molecule has 4 rings (SSSR count). The second-order valence-electron chi connectivity index (χ2n) is 8.03. The number of hydrogen-bond donors (Lipinski definition) is 2. The number of anilines is 3. The van der Waals surface area contributed by atoms with Gasteiger partial charge in [0.15, 0.2) is 9.84 Å². The molecule has 0 bridgehead atoms. The van der Waals surface area contributed by atoms with Gasteiger partial charge in [-0.1, -0.05) is 18.9 Å². The Morgan fingerprint density at radius 1 is 1.00 bits per heavy atom. The van der Waals surface area contributed by atoms with E-state index in [2.05, 4.69) is 15.5 Å². The summed E-state index contributed by atoms with van der Waals surface area (Å²) in [4.78, 5) is 14.9. The van der Waals surface area contributed by atoms with E-state index in [0.29, 0.717) is 10.6 Å². The van der Waals surface area contributed by atoms with E-state index in [4.69, 9.17) is 4.74 Å². The summed E-state index contributed by atoms with van der Waals surface area (Å²) in [5.74, 6) is -0.192. The van der Waals surface area contributed by atoms with Crippen molar-refractivity contribution in [3.05, 3.63) is 48.5 Å². The van der Waals surface area contributed by atoms with Gasteiger partial charge in [-0.05, 0) is 55.3 Å². The average molecular weight is 444 g/mol. The van der Waals surface area contributed by atoms with Gasteiger partial charge < -0.3 is 20.3 Å². The molecule has 0 aromatic heterocycles. The number of amides is 1. The number of morpholine rings is 1. The van der Waals surface area contributed by atoms with Crippen LogP contribution in [0.5, 0.6) is 0 Å². The molecule has 0 unspecified atom stereocenters. The Morgan fingerprint density at radius 2 is 1.71 bits per heavy atom. The molecule has 2 aromatic rings. The zero-order valence-electron chi connectivity index (χ0n) is 17.5. The highest BCUT2D eigenvalue weighted by Crippen LogP contribution is 2.30. The number of hydrogen-bond acceptors (Lipinski definition) is 6. The van der Waals surface area contributed by atoms with Crippen LogP contribution in [0.15, 0.2) is 53.4 Å². The largest absolute Gasteiger partial charge is 0.378 e. The molecule has 0 spiro atoms. The van der Waals surface area contributed by atoms with Crippen LogP contribution in [0, 0.1) is 0 Å². The molecule has 8 heteroatoms. The van der Waals surface area contributed by atoms with Gasteiger partial charge in [0.2, 0.25) is 5.91 Å². The number of carbonyl (C=O) groups is 1. The molecule has 1 amide bonds. The fraction of sp³-hybridized carbons (Fsp3) is 0.435. The third kappa shape index (κ3) is 5.37.